The van der Waals surface area contributed by atoms with Gasteiger partial charge in [0.25, 0.3) is 0 Å². The summed E-state index contributed by atoms with van der Waals surface area (Å²) in [5, 5.41) is 10.1. The number of likely N-dealkylation sites (tertiary alicyclic amines) is 1. The number of nitrogens with one attached hydrogen (secondary N) is 2. The predicted molar refractivity (Wildman–Crippen MR) is 145 cm³/mol. The van der Waals surface area contributed by atoms with E-state index in [1.165, 1.54) is 17.4 Å². The minimum Gasteiger partial charge on any atom is -0.436 e. The standard InChI is InChI=1S/C28H25FN6O2S/c1-35-11-3-5-23(35)20-4-2-10-30-27(20)37-24-8-6-17(12-21(24)29)13-26(36)34-28-33-22-14-18(7-9-25(22)38-28)19-15-31-32-16-19/h2,4,6-10,12,14-16,23H,3,5,11,13H2,1H3,(H,31,32)(H,33,34,36). The van der Waals surface area contributed by atoms with E-state index < -0.39 is 5.82 Å². The SMILES string of the molecule is CN1CCCC1c1cccnc1Oc1ccc(CC(=O)Nc2nc3cc(-c4cn[nH]c4)ccc3s2)cc1F. The largest absolute Gasteiger partial charge is 0.436 e. The van der Waals surface area contributed by atoms with Crippen LogP contribution >= 0.6 is 11.3 Å². The van der Waals surface area contributed by atoms with Gasteiger partial charge in [-0.2, -0.15) is 5.10 Å². The van der Waals surface area contributed by atoms with E-state index in [0.29, 0.717) is 16.6 Å². The molecule has 192 valence electrons. The van der Waals surface area contributed by atoms with Gasteiger partial charge in [0.15, 0.2) is 16.7 Å². The van der Waals surface area contributed by atoms with Crippen LogP contribution in [0.2, 0.25) is 0 Å². The first-order chi connectivity index (χ1) is 18.5. The lowest BCUT2D eigenvalue weighted by Gasteiger charge is -2.21. The topological polar surface area (TPSA) is 96.0 Å². The molecule has 1 amide bonds. The van der Waals surface area contributed by atoms with E-state index >= 15 is 0 Å². The Bertz CT molecular complexity index is 1600. The van der Waals surface area contributed by atoms with Crippen molar-refractivity contribution in [3.63, 3.8) is 0 Å². The maximum atomic E-state index is 15.0. The van der Waals surface area contributed by atoms with Gasteiger partial charge >= 0.3 is 0 Å². The molecule has 0 radical (unpaired) electrons. The highest BCUT2D eigenvalue weighted by Crippen LogP contribution is 2.37. The first kappa shape index (κ1) is 24.2. The van der Waals surface area contributed by atoms with Crippen molar-refractivity contribution in [3.8, 4) is 22.8 Å². The molecule has 4 heterocycles. The lowest BCUT2D eigenvalue weighted by molar-refractivity contribution is -0.115. The average Bonchev–Trinajstić information content (AvgIpc) is 3.66. The Balaban J connectivity index is 1.13. The van der Waals surface area contributed by atoms with Gasteiger partial charge < -0.3 is 10.1 Å². The zero-order valence-electron chi connectivity index (χ0n) is 20.6. The second-order valence-corrected chi connectivity index (χ2v) is 10.3. The number of pyridine rings is 1. The number of carbonyl (C=O) groups is 1. The molecule has 1 fully saturated rings. The fraction of sp³-hybridized carbons (Fsp3) is 0.214. The Labute approximate surface area is 222 Å². The number of ether oxygens (including phenoxy) is 1. The van der Waals surface area contributed by atoms with E-state index in [1.54, 1.807) is 24.5 Å². The molecule has 38 heavy (non-hydrogen) atoms. The molecular formula is C28H25FN6O2S. The number of aromatic amines is 1. The monoisotopic (exact) mass is 528 g/mol. The number of hydrogen-bond acceptors (Lipinski definition) is 7. The van der Waals surface area contributed by atoms with Gasteiger partial charge in [-0.1, -0.05) is 29.5 Å². The van der Waals surface area contributed by atoms with Gasteiger partial charge in [0.1, 0.15) is 0 Å². The number of nitrogens with zero attached hydrogens (tertiary/aromatic N) is 4. The first-order valence-electron chi connectivity index (χ1n) is 12.3. The molecular weight excluding hydrogens is 503 g/mol. The summed E-state index contributed by atoms with van der Waals surface area (Å²) in [5.74, 6) is -0.335. The quantitative estimate of drug-likeness (QED) is 0.271. The zero-order valence-corrected chi connectivity index (χ0v) is 21.5. The third-order valence-corrected chi connectivity index (χ3v) is 7.66. The Hall–Kier alpha value is -4.15. The highest BCUT2D eigenvalue weighted by atomic mass is 32.1. The molecule has 0 bridgehead atoms. The van der Waals surface area contributed by atoms with Gasteiger partial charge in [-0.25, -0.2) is 14.4 Å². The maximum Gasteiger partial charge on any atom is 0.230 e. The molecule has 1 saturated heterocycles. The second-order valence-electron chi connectivity index (χ2n) is 9.32. The van der Waals surface area contributed by atoms with Crippen LogP contribution in [0.5, 0.6) is 11.6 Å². The summed E-state index contributed by atoms with van der Waals surface area (Å²) >= 11 is 1.39. The number of thiazole rings is 1. The van der Waals surface area contributed by atoms with Crippen LogP contribution in [-0.2, 0) is 11.2 Å². The minimum atomic E-state index is -0.543. The Morgan fingerprint density at radius 1 is 1.24 bits per heavy atom. The second kappa shape index (κ2) is 10.3. The molecule has 5 aromatic rings. The van der Waals surface area contributed by atoms with Crippen LogP contribution in [0.15, 0.2) is 67.1 Å². The van der Waals surface area contributed by atoms with E-state index in [-0.39, 0.29) is 24.1 Å². The van der Waals surface area contributed by atoms with Crippen molar-refractivity contribution in [1.82, 2.24) is 25.1 Å². The van der Waals surface area contributed by atoms with Crippen molar-refractivity contribution < 1.29 is 13.9 Å². The molecule has 1 unspecified atom stereocenters. The van der Waals surface area contributed by atoms with Crippen molar-refractivity contribution >= 4 is 32.6 Å². The molecule has 0 spiro atoms. The number of aromatic nitrogens is 4. The number of fused-ring (bicyclic) bond motifs is 1. The van der Waals surface area contributed by atoms with E-state index in [1.807, 2.05) is 36.5 Å². The van der Waals surface area contributed by atoms with Crippen LogP contribution in [0.3, 0.4) is 0 Å². The summed E-state index contributed by atoms with van der Waals surface area (Å²) in [6.45, 7) is 1.01. The van der Waals surface area contributed by atoms with Gasteiger partial charge in [-0.3, -0.25) is 14.8 Å². The number of amides is 1. The first-order valence-corrected chi connectivity index (χ1v) is 13.2. The normalized spacial score (nSPS) is 15.7. The fourth-order valence-electron chi connectivity index (χ4n) is 4.80. The van der Waals surface area contributed by atoms with Crippen LogP contribution < -0.4 is 10.1 Å². The number of rotatable bonds is 7. The van der Waals surface area contributed by atoms with Gasteiger partial charge in [-0.05, 0) is 67.9 Å². The van der Waals surface area contributed by atoms with Crippen molar-refractivity contribution in [2.45, 2.75) is 25.3 Å². The third kappa shape index (κ3) is 5.00. The van der Waals surface area contributed by atoms with Crippen LogP contribution in [0, 0.1) is 5.82 Å². The lowest BCUT2D eigenvalue weighted by atomic mass is 10.1. The van der Waals surface area contributed by atoms with Crippen LogP contribution in [0.25, 0.3) is 21.3 Å². The third-order valence-electron chi connectivity index (χ3n) is 6.71. The van der Waals surface area contributed by atoms with Crippen LogP contribution in [-0.4, -0.2) is 44.6 Å². The molecule has 2 aromatic carbocycles. The van der Waals surface area contributed by atoms with E-state index in [4.69, 9.17) is 4.74 Å². The highest BCUT2D eigenvalue weighted by Gasteiger charge is 2.26. The van der Waals surface area contributed by atoms with Crippen LogP contribution in [0.4, 0.5) is 9.52 Å². The number of H-pyrrole nitrogens is 1. The van der Waals surface area contributed by atoms with Gasteiger partial charge in [-0.15, -0.1) is 0 Å². The summed E-state index contributed by atoms with van der Waals surface area (Å²) in [5.41, 5.74) is 4.22. The lowest BCUT2D eigenvalue weighted by Crippen LogP contribution is -2.18. The molecule has 0 aliphatic carbocycles. The van der Waals surface area contributed by atoms with Gasteiger partial charge in [0.2, 0.25) is 11.8 Å². The Morgan fingerprint density at radius 3 is 2.95 bits per heavy atom. The van der Waals surface area contributed by atoms with Crippen LogP contribution in [0.1, 0.15) is 30.0 Å². The maximum absolute atomic E-state index is 15.0. The molecule has 2 N–H and O–H groups in total. The summed E-state index contributed by atoms with van der Waals surface area (Å²) in [4.78, 5) is 23.9. The molecule has 6 rings (SSSR count). The molecule has 3 aromatic heterocycles. The molecule has 1 aliphatic heterocycles. The van der Waals surface area contributed by atoms with E-state index in [9.17, 15) is 9.18 Å². The summed E-state index contributed by atoms with van der Waals surface area (Å²) in [6, 6.07) is 14.5. The number of carbonyl (C=O) groups excluding carboxylic acids is 1. The molecule has 0 saturated carbocycles. The number of anilines is 1. The molecule has 10 heteroatoms. The summed E-state index contributed by atoms with van der Waals surface area (Å²) < 4.78 is 21.8. The molecule has 1 atom stereocenters. The minimum absolute atomic E-state index is 0.00903. The Morgan fingerprint density at radius 2 is 2.16 bits per heavy atom. The average molecular weight is 529 g/mol. The van der Waals surface area contributed by atoms with Crippen molar-refractivity contribution in [3.05, 3.63) is 84.1 Å². The zero-order chi connectivity index (χ0) is 26.1. The van der Waals surface area contributed by atoms with Crippen molar-refractivity contribution in [2.24, 2.45) is 0 Å². The van der Waals surface area contributed by atoms with Crippen molar-refractivity contribution in [1.29, 1.82) is 0 Å². The number of hydrogen-bond donors (Lipinski definition) is 2. The smallest absolute Gasteiger partial charge is 0.230 e. The highest BCUT2D eigenvalue weighted by molar-refractivity contribution is 7.22. The van der Waals surface area contributed by atoms with Crippen molar-refractivity contribution in [2.75, 3.05) is 18.9 Å². The van der Waals surface area contributed by atoms with E-state index in [2.05, 4.69) is 37.4 Å². The van der Waals surface area contributed by atoms with Gasteiger partial charge in [0, 0.05) is 29.6 Å². The molecule has 1 aliphatic rings. The van der Waals surface area contributed by atoms with E-state index in [0.717, 1.165) is 46.3 Å². The summed E-state index contributed by atoms with van der Waals surface area (Å²) in [6.07, 6.45) is 7.32. The summed E-state index contributed by atoms with van der Waals surface area (Å²) in [7, 11) is 2.07. The molecule has 8 nitrogen and oxygen atoms in total. The van der Waals surface area contributed by atoms with Gasteiger partial charge in [0.05, 0.1) is 22.8 Å². The Kier molecular flexibility index (Phi) is 6.57. The number of halogens is 1. The number of benzene rings is 2. The predicted octanol–water partition coefficient (Wildman–Crippen LogP) is 5.96. The fourth-order valence-corrected chi connectivity index (χ4v) is 5.67.